The van der Waals surface area contributed by atoms with E-state index in [2.05, 4.69) is 47.3 Å². The Morgan fingerprint density at radius 2 is 2.26 bits per heavy atom. The smallest absolute Gasteiger partial charge is 0.122 e. The molecule has 1 aliphatic rings. The largest absolute Gasteiger partial charge is 0.493 e. The first-order valence-corrected chi connectivity index (χ1v) is 7.73. The van der Waals surface area contributed by atoms with Gasteiger partial charge in [0.2, 0.25) is 0 Å². The zero-order valence-corrected chi connectivity index (χ0v) is 12.0. The Kier molecular flexibility index (Phi) is 3.85. The molecule has 0 bridgehead atoms. The summed E-state index contributed by atoms with van der Waals surface area (Å²) in [6.45, 7) is 4.04. The Bertz CT molecular complexity index is 523. The van der Waals surface area contributed by atoms with Gasteiger partial charge in [0.25, 0.3) is 0 Å². The highest BCUT2D eigenvalue weighted by Gasteiger charge is 2.23. The first-order chi connectivity index (χ1) is 9.33. The molecule has 2 heterocycles. The van der Waals surface area contributed by atoms with Gasteiger partial charge in [-0.2, -0.15) is 11.3 Å². The van der Waals surface area contributed by atoms with Crippen LogP contribution in [-0.2, 0) is 6.42 Å². The summed E-state index contributed by atoms with van der Waals surface area (Å²) in [6.07, 6.45) is 1.10. The summed E-state index contributed by atoms with van der Waals surface area (Å²) < 4.78 is 5.71. The number of fused-ring (bicyclic) bond motifs is 1. The molecule has 19 heavy (non-hydrogen) atoms. The molecule has 0 fully saturated rings. The molecule has 0 saturated heterocycles. The number of hydrogen-bond donors (Lipinski definition) is 1. The molecule has 1 aliphatic heterocycles. The van der Waals surface area contributed by atoms with Gasteiger partial charge in [-0.25, -0.2) is 0 Å². The van der Waals surface area contributed by atoms with Crippen molar-refractivity contribution in [2.45, 2.75) is 25.3 Å². The molecule has 2 atom stereocenters. The van der Waals surface area contributed by atoms with Crippen molar-refractivity contribution in [3.63, 3.8) is 0 Å². The Hall–Kier alpha value is -1.32. The maximum atomic E-state index is 5.71. The highest BCUT2D eigenvalue weighted by Crippen LogP contribution is 2.32. The van der Waals surface area contributed by atoms with Crippen molar-refractivity contribution in [3.8, 4) is 5.75 Å². The summed E-state index contributed by atoms with van der Waals surface area (Å²) in [4.78, 5) is 0. The van der Waals surface area contributed by atoms with Crippen LogP contribution in [-0.4, -0.2) is 19.2 Å². The predicted molar refractivity (Wildman–Crippen MR) is 80.2 cm³/mol. The second kappa shape index (κ2) is 5.76. The number of para-hydroxylation sites is 1. The van der Waals surface area contributed by atoms with Crippen molar-refractivity contribution in [3.05, 3.63) is 52.2 Å². The minimum Gasteiger partial charge on any atom is -0.493 e. The number of ether oxygens (including phenoxy) is 1. The number of thiophene rings is 1. The quantitative estimate of drug-likeness (QED) is 0.901. The molecule has 1 aromatic heterocycles. The maximum Gasteiger partial charge on any atom is 0.122 e. The third-order valence-corrected chi connectivity index (χ3v) is 4.37. The summed E-state index contributed by atoms with van der Waals surface area (Å²) in [7, 11) is 0. The lowest BCUT2D eigenvalue weighted by Crippen LogP contribution is -2.32. The van der Waals surface area contributed by atoms with Crippen LogP contribution in [0.5, 0.6) is 5.75 Å². The van der Waals surface area contributed by atoms with Crippen LogP contribution in [0.15, 0.2) is 41.1 Å². The normalized spacial score (nSPS) is 18.9. The van der Waals surface area contributed by atoms with E-state index in [1.807, 2.05) is 6.07 Å². The molecular weight excluding hydrogens is 254 g/mol. The molecule has 2 nitrogen and oxygen atoms in total. The van der Waals surface area contributed by atoms with Gasteiger partial charge in [0.1, 0.15) is 5.75 Å². The van der Waals surface area contributed by atoms with Crippen LogP contribution in [0.25, 0.3) is 0 Å². The van der Waals surface area contributed by atoms with Crippen LogP contribution in [0, 0.1) is 0 Å². The monoisotopic (exact) mass is 273 g/mol. The number of hydrogen-bond acceptors (Lipinski definition) is 3. The Morgan fingerprint density at radius 3 is 3.11 bits per heavy atom. The van der Waals surface area contributed by atoms with Gasteiger partial charge < -0.3 is 10.1 Å². The zero-order chi connectivity index (χ0) is 13.1. The van der Waals surface area contributed by atoms with Crippen LogP contribution in [0.1, 0.15) is 24.0 Å². The Labute approximate surface area is 118 Å². The summed E-state index contributed by atoms with van der Waals surface area (Å²) >= 11 is 1.77. The van der Waals surface area contributed by atoms with E-state index in [1.54, 1.807) is 11.3 Å². The van der Waals surface area contributed by atoms with Crippen LogP contribution in [0.3, 0.4) is 0 Å². The van der Waals surface area contributed by atoms with E-state index in [1.165, 1.54) is 11.1 Å². The first-order valence-electron chi connectivity index (χ1n) is 6.79. The number of benzene rings is 1. The molecular formula is C16H19NOS. The standard InChI is InChI=1S/C16H19NOS/c1-12(8-13-6-7-19-11-13)17-9-14-10-18-16-5-3-2-4-15(14)16/h2-7,11-12,14,17H,8-10H2,1H3. The van der Waals surface area contributed by atoms with Crippen LogP contribution < -0.4 is 10.1 Å². The lowest BCUT2D eigenvalue weighted by molar-refractivity contribution is 0.323. The van der Waals surface area contributed by atoms with Crippen molar-refractivity contribution in [2.24, 2.45) is 0 Å². The van der Waals surface area contributed by atoms with E-state index in [-0.39, 0.29) is 0 Å². The Balaban J connectivity index is 1.53. The molecule has 0 amide bonds. The molecule has 0 radical (unpaired) electrons. The first kappa shape index (κ1) is 12.7. The van der Waals surface area contributed by atoms with Crippen LogP contribution in [0.4, 0.5) is 0 Å². The molecule has 3 rings (SSSR count). The van der Waals surface area contributed by atoms with Crippen molar-refractivity contribution in [1.82, 2.24) is 5.32 Å². The molecule has 2 unspecified atom stereocenters. The lowest BCUT2D eigenvalue weighted by Gasteiger charge is -2.16. The SMILES string of the molecule is CC(Cc1ccsc1)NCC1COc2ccccc21. The molecule has 1 N–H and O–H groups in total. The summed E-state index contributed by atoms with van der Waals surface area (Å²) in [6, 6.07) is 11.1. The highest BCUT2D eigenvalue weighted by atomic mass is 32.1. The highest BCUT2D eigenvalue weighted by molar-refractivity contribution is 7.07. The summed E-state index contributed by atoms with van der Waals surface area (Å²) in [5.74, 6) is 1.54. The number of nitrogens with one attached hydrogen (secondary N) is 1. The van der Waals surface area contributed by atoms with Gasteiger partial charge in [0.05, 0.1) is 6.61 Å². The van der Waals surface area contributed by atoms with E-state index < -0.39 is 0 Å². The molecule has 0 spiro atoms. The van der Waals surface area contributed by atoms with Gasteiger partial charge in [-0.15, -0.1) is 0 Å². The van der Waals surface area contributed by atoms with E-state index in [4.69, 9.17) is 4.74 Å². The molecule has 3 heteroatoms. The fourth-order valence-corrected chi connectivity index (χ4v) is 3.26. The third-order valence-electron chi connectivity index (χ3n) is 3.63. The fraction of sp³-hybridized carbons (Fsp3) is 0.375. The van der Waals surface area contributed by atoms with Crippen LogP contribution >= 0.6 is 11.3 Å². The average molecular weight is 273 g/mol. The average Bonchev–Trinajstić information content (AvgIpc) is 3.05. The summed E-state index contributed by atoms with van der Waals surface area (Å²) in [5, 5.41) is 8.00. The molecule has 100 valence electrons. The Morgan fingerprint density at radius 1 is 1.37 bits per heavy atom. The maximum absolute atomic E-state index is 5.71. The minimum absolute atomic E-state index is 0.487. The molecule has 0 saturated carbocycles. The minimum atomic E-state index is 0.487. The van der Waals surface area contributed by atoms with Gasteiger partial charge in [0, 0.05) is 24.1 Å². The molecule has 0 aliphatic carbocycles. The van der Waals surface area contributed by atoms with Gasteiger partial charge in [0.15, 0.2) is 0 Å². The van der Waals surface area contributed by atoms with Crippen molar-refractivity contribution >= 4 is 11.3 Å². The van der Waals surface area contributed by atoms with Gasteiger partial charge in [-0.05, 0) is 41.8 Å². The van der Waals surface area contributed by atoms with E-state index in [0.29, 0.717) is 12.0 Å². The lowest BCUT2D eigenvalue weighted by atomic mass is 10.0. The van der Waals surface area contributed by atoms with E-state index >= 15 is 0 Å². The molecule has 2 aromatic rings. The number of rotatable bonds is 5. The van der Waals surface area contributed by atoms with Crippen molar-refractivity contribution in [2.75, 3.05) is 13.2 Å². The second-order valence-electron chi connectivity index (χ2n) is 5.19. The van der Waals surface area contributed by atoms with Crippen molar-refractivity contribution < 1.29 is 4.74 Å². The molecule has 1 aromatic carbocycles. The van der Waals surface area contributed by atoms with Crippen LogP contribution in [0.2, 0.25) is 0 Å². The van der Waals surface area contributed by atoms with E-state index in [0.717, 1.165) is 25.3 Å². The fourth-order valence-electron chi connectivity index (χ4n) is 2.58. The topological polar surface area (TPSA) is 21.3 Å². The predicted octanol–water partition coefficient (Wildman–Crippen LogP) is 3.44. The van der Waals surface area contributed by atoms with Gasteiger partial charge in [-0.1, -0.05) is 18.2 Å². The summed E-state index contributed by atoms with van der Waals surface area (Å²) in [5.41, 5.74) is 2.77. The van der Waals surface area contributed by atoms with Gasteiger partial charge in [-0.3, -0.25) is 0 Å². The zero-order valence-electron chi connectivity index (χ0n) is 11.1. The van der Waals surface area contributed by atoms with Gasteiger partial charge >= 0.3 is 0 Å². The van der Waals surface area contributed by atoms with Crippen molar-refractivity contribution in [1.29, 1.82) is 0 Å². The third kappa shape index (κ3) is 2.99. The van der Waals surface area contributed by atoms with E-state index in [9.17, 15) is 0 Å². The second-order valence-corrected chi connectivity index (χ2v) is 5.97.